The summed E-state index contributed by atoms with van der Waals surface area (Å²) in [6, 6.07) is 15.3. The van der Waals surface area contributed by atoms with Gasteiger partial charge in [0.2, 0.25) is 0 Å². The third kappa shape index (κ3) is 3.19. The van der Waals surface area contributed by atoms with Crippen molar-refractivity contribution in [3.05, 3.63) is 87.6 Å². The minimum Gasteiger partial charge on any atom is -0.297 e. The predicted octanol–water partition coefficient (Wildman–Crippen LogP) is 3.50. The van der Waals surface area contributed by atoms with E-state index in [9.17, 15) is 10.1 Å². The van der Waals surface area contributed by atoms with Crippen LogP contribution in [0.3, 0.4) is 0 Å². The fourth-order valence-electron chi connectivity index (χ4n) is 3.37. The summed E-state index contributed by atoms with van der Waals surface area (Å²) < 4.78 is 1.48. The van der Waals surface area contributed by atoms with Crippen molar-refractivity contribution in [2.45, 2.75) is 26.2 Å². The standard InChI is InChI=1S/C22H19N5O/c1-2-4-19-18(22(28)27-20(26-19)10-12-25-27)13-15-6-8-16(9-7-15)21-17(14-23)5-3-11-24-21/h3,5-12,25H,2,4,13H2,1H3. The average molecular weight is 369 g/mol. The number of hydrogen-bond donors (Lipinski definition) is 1. The maximum Gasteiger partial charge on any atom is 0.276 e. The maximum absolute atomic E-state index is 12.9. The number of aromatic nitrogens is 4. The van der Waals surface area contributed by atoms with Crippen LogP contribution in [-0.2, 0) is 12.8 Å². The molecule has 0 unspecified atom stereocenters. The molecule has 0 aliphatic heterocycles. The van der Waals surface area contributed by atoms with Crippen molar-refractivity contribution in [3.8, 4) is 17.3 Å². The van der Waals surface area contributed by atoms with Crippen LogP contribution < -0.4 is 5.56 Å². The number of fused-ring (bicyclic) bond motifs is 1. The molecule has 0 fully saturated rings. The van der Waals surface area contributed by atoms with Crippen LogP contribution in [0.5, 0.6) is 0 Å². The molecule has 0 aliphatic rings. The van der Waals surface area contributed by atoms with Crippen molar-refractivity contribution < 1.29 is 0 Å². The van der Waals surface area contributed by atoms with E-state index in [4.69, 9.17) is 0 Å². The van der Waals surface area contributed by atoms with Crippen LogP contribution >= 0.6 is 0 Å². The van der Waals surface area contributed by atoms with E-state index < -0.39 is 0 Å². The van der Waals surface area contributed by atoms with E-state index >= 15 is 0 Å². The van der Waals surface area contributed by atoms with Gasteiger partial charge >= 0.3 is 0 Å². The molecule has 0 bridgehead atoms. The van der Waals surface area contributed by atoms with Gasteiger partial charge in [-0.3, -0.25) is 14.9 Å². The van der Waals surface area contributed by atoms with E-state index in [1.807, 2.05) is 24.3 Å². The number of aryl methyl sites for hydroxylation is 1. The Kier molecular flexibility index (Phi) is 4.73. The van der Waals surface area contributed by atoms with Gasteiger partial charge in [0.05, 0.1) is 17.0 Å². The molecule has 0 amide bonds. The van der Waals surface area contributed by atoms with Crippen molar-refractivity contribution in [3.63, 3.8) is 0 Å². The van der Waals surface area contributed by atoms with Gasteiger partial charge in [-0.2, -0.15) is 5.26 Å². The number of aromatic amines is 1. The SMILES string of the molecule is CCCc1nc2cc[nH]n2c(=O)c1Cc1ccc(-c2ncccc2C#N)cc1. The Morgan fingerprint density at radius 3 is 2.75 bits per heavy atom. The van der Waals surface area contributed by atoms with E-state index in [0.717, 1.165) is 29.7 Å². The van der Waals surface area contributed by atoms with E-state index in [2.05, 4.69) is 28.1 Å². The first kappa shape index (κ1) is 17.7. The fourth-order valence-corrected chi connectivity index (χ4v) is 3.37. The third-order valence-corrected chi connectivity index (χ3v) is 4.75. The van der Waals surface area contributed by atoms with Crippen LogP contribution in [0, 0.1) is 11.3 Å². The van der Waals surface area contributed by atoms with Gasteiger partial charge in [0, 0.05) is 36.0 Å². The fraction of sp³-hybridized carbons (Fsp3) is 0.182. The highest BCUT2D eigenvalue weighted by Crippen LogP contribution is 2.22. The molecule has 1 aromatic carbocycles. The number of pyridine rings is 1. The van der Waals surface area contributed by atoms with Crippen molar-refractivity contribution in [2.24, 2.45) is 0 Å². The lowest BCUT2D eigenvalue weighted by atomic mass is 9.99. The normalized spacial score (nSPS) is 10.9. The Balaban J connectivity index is 1.70. The molecule has 4 rings (SSSR count). The zero-order chi connectivity index (χ0) is 19.5. The van der Waals surface area contributed by atoms with E-state index in [-0.39, 0.29) is 5.56 Å². The number of nitrogens with zero attached hydrogens (tertiary/aromatic N) is 4. The number of rotatable bonds is 5. The molecule has 0 atom stereocenters. The molecule has 4 aromatic rings. The van der Waals surface area contributed by atoms with Crippen molar-refractivity contribution >= 4 is 5.65 Å². The quantitative estimate of drug-likeness (QED) is 0.583. The van der Waals surface area contributed by atoms with Gasteiger partial charge in [-0.05, 0) is 24.1 Å². The topological polar surface area (TPSA) is 86.8 Å². The Labute approximate surface area is 162 Å². The van der Waals surface area contributed by atoms with Gasteiger partial charge in [-0.25, -0.2) is 9.50 Å². The zero-order valence-corrected chi connectivity index (χ0v) is 15.5. The highest BCUT2D eigenvalue weighted by molar-refractivity contribution is 5.66. The van der Waals surface area contributed by atoms with Gasteiger partial charge in [0.25, 0.3) is 5.56 Å². The summed E-state index contributed by atoms with van der Waals surface area (Å²) >= 11 is 0. The summed E-state index contributed by atoms with van der Waals surface area (Å²) in [6.07, 6.45) is 5.60. The van der Waals surface area contributed by atoms with E-state index in [0.29, 0.717) is 28.9 Å². The molecule has 0 aliphatic carbocycles. The molecule has 1 N–H and O–H groups in total. The molecule has 6 nitrogen and oxygen atoms in total. The smallest absolute Gasteiger partial charge is 0.276 e. The van der Waals surface area contributed by atoms with Crippen molar-refractivity contribution in [1.82, 2.24) is 19.6 Å². The lowest BCUT2D eigenvalue weighted by Crippen LogP contribution is -2.23. The largest absolute Gasteiger partial charge is 0.297 e. The van der Waals surface area contributed by atoms with Gasteiger partial charge in [-0.1, -0.05) is 37.6 Å². The number of hydrogen-bond acceptors (Lipinski definition) is 4. The minimum atomic E-state index is -0.0565. The summed E-state index contributed by atoms with van der Waals surface area (Å²) in [4.78, 5) is 21.9. The molecular formula is C22H19N5O. The Morgan fingerprint density at radius 2 is 2.00 bits per heavy atom. The second kappa shape index (κ2) is 7.49. The maximum atomic E-state index is 12.9. The molecule has 0 saturated heterocycles. The van der Waals surface area contributed by atoms with Crippen LogP contribution in [0.2, 0.25) is 0 Å². The van der Waals surface area contributed by atoms with Gasteiger partial charge in [0.1, 0.15) is 6.07 Å². The molecular weight excluding hydrogens is 350 g/mol. The zero-order valence-electron chi connectivity index (χ0n) is 15.5. The second-order valence-corrected chi connectivity index (χ2v) is 6.63. The number of benzene rings is 1. The van der Waals surface area contributed by atoms with Gasteiger partial charge in [0.15, 0.2) is 5.65 Å². The Morgan fingerprint density at radius 1 is 1.18 bits per heavy atom. The molecule has 0 saturated carbocycles. The summed E-state index contributed by atoms with van der Waals surface area (Å²) in [5.41, 5.74) is 5.26. The van der Waals surface area contributed by atoms with Gasteiger partial charge in [-0.15, -0.1) is 0 Å². The highest BCUT2D eigenvalue weighted by atomic mass is 16.1. The molecule has 6 heteroatoms. The molecule has 0 radical (unpaired) electrons. The molecule has 0 spiro atoms. The van der Waals surface area contributed by atoms with Crippen LogP contribution in [0.25, 0.3) is 16.9 Å². The van der Waals surface area contributed by atoms with Crippen LogP contribution in [-0.4, -0.2) is 19.6 Å². The molecule has 138 valence electrons. The highest BCUT2D eigenvalue weighted by Gasteiger charge is 2.14. The first-order valence-corrected chi connectivity index (χ1v) is 9.23. The third-order valence-electron chi connectivity index (χ3n) is 4.75. The minimum absolute atomic E-state index is 0.0565. The summed E-state index contributed by atoms with van der Waals surface area (Å²) in [5.74, 6) is 0. The van der Waals surface area contributed by atoms with Crippen molar-refractivity contribution in [2.75, 3.05) is 0 Å². The van der Waals surface area contributed by atoms with Crippen LogP contribution in [0.1, 0.15) is 35.7 Å². The monoisotopic (exact) mass is 369 g/mol. The Hall–Kier alpha value is -3.72. The van der Waals surface area contributed by atoms with Crippen LogP contribution in [0.4, 0.5) is 0 Å². The predicted molar refractivity (Wildman–Crippen MR) is 107 cm³/mol. The van der Waals surface area contributed by atoms with E-state index in [1.165, 1.54) is 4.52 Å². The first-order valence-electron chi connectivity index (χ1n) is 9.23. The van der Waals surface area contributed by atoms with Crippen LogP contribution in [0.15, 0.2) is 59.7 Å². The molecule has 3 aromatic heterocycles. The van der Waals surface area contributed by atoms with Gasteiger partial charge < -0.3 is 0 Å². The summed E-state index contributed by atoms with van der Waals surface area (Å²) in [5, 5.41) is 12.2. The summed E-state index contributed by atoms with van der Waals surface area (Å²) in [6.45, 7) is 2.08. The molecule has 28 heavy (non-hydrogen) atoms. The summed E-state index contributed by atoms with van der Waals surface area (Å²) in [7, 11) is 0. The lowest BCUT2D eigenvalue weighted by molar-refractivity contribution is 0.809. The average Bonchev–Trinajstić information content (AvgIpc) is 3.20. The number of nitrogens with one attached hydrogen (secondary N) is 1. The molecule has 3 heterocycles. The van der Waals surface area contributed by atoms with E-state index in [1.54, 1.807) is 30.6 Å². The number of H-pyrrole nitrogens is 1. The first-order chi connectivity index (χ1) is 13.7. The Bertz CT molecular complexity index is 1230. The number of nitriles is 1. The van der Waals surface area contributed by atoms with Crippen molar-refractivity contribution in [1.29, 1.82) is 5.26 Å². The lowest BCUT2D eigenvalue weighted by Gasteiger charge is -2.09. The second-order valence-electron chi connectivity index (χ2n) is 6.63.